The van der Waals surface area contributed by atoms with Crippen molar-refractivity contribution in [2.24, 2.45) is 0 Å². The van der Waals surface area contributed by atoms with E-state index in [1.807, 2.05) is 5.32 Å². The molecule has 1 aliphatic rings. The van der Waals surface area contributed by atoms with Gasteiger partial charge in [-0.3, -0.25) is 0 Å². The number of anilines is 1. The Hall–Kier alpha value is -1.97. The Morgan fingerprint density at radius 2 is 1.70 bits per heavy atom. The van der Waals surface area contributed by atoms with Gasteiger partial charge in [0.1, 0.15) is 0 Å². The van der Waals surface area contributed by atoms with Crippen LogP contribution in [-0.2, 0) is 0 Å². The molecule has 0 aromatic heterocycles. The lowest BCUT2D eigenvalue weighted by atomic mass is 9.91. The number of hydrogen-bond donors (Lipinski definition) is 2. The molecule has 0 spiro atoms. The fourth-order valence-electron chi connectivity index (χ4n) is 2.18. The van der Waals surface area contributed by atoms with Crippen LogP contribution in [0.2, 0.25) is 0 Å². The molecule has 1 saturated heterocycles. The van der Waals surface area contributed by atoms with Crippen LogP contribution in [0.1, 0.15) is 12.8 Å². The summed E-state index contributed by atoms with van der Waals surface area (Å²) in [4.78, 5) is 12.8. The molecular weight excluding hydrogens is 330 g/mol. The van der Waals surface area contributed by atoms with E-state index in [0.717, 1.165) is 11.0 Å². The molecule has 4 nitrogen and oxygen atoms in total. The van der Waals surface area contributed by atoms with Gasteiger partial charge < -0.3 is 15.3 Å². The first kappa shape index (κ1) is 17.4. The Balaban J connectivity index is 2.03. The fraction of sp³-hybridized carbons (Fsp3) is 0.462. The van der Waals surface area contributed by atoms with Crippen LogP contribution in [0, 0.1) is 17.5 Å². The average Bonchev–Trinajstić information content (AvgIpc) is 2.47. The van der Waals surface area contributed by atoms with Crippen molar-refractivity contribution in [3.05, 3.63) is 29.6 Å². The summed E-state index contributed by atoms with van der Waals surface area (Å²) < 4.78 is 77.2. The van der Waals surface area contributed by atoms with Crippen molar-refractivity contribution in [3.8, 4) is 0 Å². The minimum atomic E-state index is -4.82. The van der Waals surface area contributed by atoms with Gasteiger partial charge in [-0.15, -0.1) is 0 Å². The van der Waals surface area contributed by atoms with E-state index in [0.29, 0.717) is 6.07 Å². The van der Waals surface area contributed by atoms with Crippen LogP contribution in [0.15, 0.2) is 12.1 Å². The number of urea groups is 1. The maximum Gasteiger partial charge on any atom is 0.417 e. The Bertz CT molecular complexity index is 611. The van der Waals surface area contributed by atoms with Gasteiger partial charge in [-0.1, -0.05) is 0 Å². The van der Waals surface area contributed by atoms with Gasteiger partial charge in [0.2, 0.25) is 0 Å². The van der Waals surface area contributed by atoms with Gasteiger partial charge in [-0.05, 0) is 12.1 Å². The van der Waals surface area contributed by atoms with Crippen molar-refractivity contribution in [1.29, 1.82) is 0 Å². The molecular formula is C13H12F6N2O2. The summed E-state index contributed by atoms with van der Waals surface area (Å²) in [5, 5.41) is 11.4. The van der Waals surface area contributed by atoms with Crippen molar-refractivity contribution in [3.63, 3.8) is 0 Å². The highest BCUT2D eigenvalue weighted by Crippen LogP contribution is 2.38. The Labute approximate surface area is 126 Å². The van der Waals surface area contributed by atoms with Gasteiger partial charge >= 0.3 is 12.2 Å². The normalized spacial score (nSPS) is 18.0. The monoisotopic (exact) mass is 342 g/mol. The molecule has 0 aliphatic carbocycles. The molecule has 1 aliphatic heterocycles. The number of benzene rings is 1. The summed E-state index contributed by atoms with van der Waals surface area (Å²) in [6.45, 7) is -0.847. The Morgan fingerprint density at radius 1 is 1.13 bits per heavy atom. The van der Waals surface area contributed by atoms with Gasteiger partial charge in [0.15, 0.2) is 23.1 Å². The molecule has 23 heavy (non-hydrogen) atoms. The highest BCUT2D eigenvalue weighted by molar-refractivity contribution is 5.89. The average molecular weight is 342 g/mol. The van der Waals surface area contributed by atoms with Crippen LogP contribution < -0.4 is 5.32 Å². The van der Waals surface area contributed by atoms with Gasteiger partial charge in [0.25, 0.3) is 0 Å². The van der Waals surface area contributed by atoms with Crippen LogP contribution in [0.5, 0.6) is 0 Å². The van der Waals surface area contributed by atoms with E-state index in [1.54, 1.807) is 0 Å². The molecule has 1 fully saturated rings. The number of nitrogens with zero attached hydrogens (tertiary/aromatic N) is 1. The fourth-order valence-corrected chi connectivity index (χ4v) is 2.18. The number of piperidine rings is 1. The van der Waals surface area contributed by atoms with E-state index >= 15 is 0 Å². The zero-order valence-corrected chi connectivity index (χ0v) is 11.6. The second kappa shape index (κ2) is 5.91. The molecule has 0 radical (unpaired) electrons. The largest absolute Gasteiger partial charge is 0.417 e. The minimum absolute atomic E-state index is 0.423. The molecule has 0 saturated carbocycles. The van der Waals surface area contributed by atoms with Crippen molar-refractivity contribution < 1.29 is 36.2 Å². The number of likely N-dealkylation sites (tertiary alicyclic amines) is 1. The summed E-state index contributed by atoms with van der Waals surface area (Å²) in [6.07, 6.45) is -6.28. The van der Waals surface area contributed by atoms with Crippen molar-refractivity contribution in [1.82, 2.24) is 4.90 Å². The Kier molecular flexibility index (Phi) is 4.47. The first-order valence-electron chi connectivity index (χ1n) is 6.54. The molecule has 128 valence electrons. The predicted molar refractivity (Wildman–Crippen MR) is 67.1 cm³/mol. The van der Waals surface area contributed by atoms with Crippen LogP contribution >= 0.6 is 0 Å². The van der Waals surface area contributed by atoms with Crippen LogP contribution in [0.25, 0.3) is 0 Å². The van der Waals surface area contributed by atoms with E-state index in [1.165, 1.54) is 0 Å². The molecule has 0 unspecified atom stereocenters. The summed E-state index contributed by atoms with van der Waals surface area (Å²) in [7, 11) is 0. The van der Waals surface area contributed by atoms with Crippen molar-refractivity contribution in [2.45, 2.75) is 24.6 Å². The number of carbonyl (C=O) groups excluding carboxylic acids is 1. The number of rotatable bonds is 1. The van der Waals surface area contributed by atoms with Crippen molar-refractivity contribution >= 4 is 11.7 Å². The first-order valence-corrected chi connectivity index (χ1v) is 6.54. The number of nitrogens with one attached hydrogen (secondary N) is 1. The maximum atomic E-state index is 13.4. The Morgan fingerprint density at radius 3 is 2.22 bits per heavy atom. The van der Waals surface area contributed by atoms with Gasteiger partial charge in [0.05, 0.1) is 5.69 Å². The second-order valence-electron chi connectivity index (χ2n) is 5.17. The highest BCUT2D eigenvalue weighted by Gasteiger charge is 2.54. The summed E-state index contributed by atoms with van der Waals surface area (Å²) in [5.41, 5.74) is -3.51. The molecule has 2 rings (SSSR count). The third-order valence-electron chi connectivity index (χ3n) is 3.68. The number of aliphatic hydroxyl groups is 1. The zero-order valence-electron chi connectivity index (χ0n) is 11.6. The minimum Gasteiger partial charge on any atom is -0.380 e. The highest BCUT2D eigenvalue weighted by atomic mass is 19.4. The molecule has 10 heteroatoms. The molecule has 0 atom stereocenters. The van der Waals surface area contributed by atoms with E-state index in [4.69, 9.17) is 0 Å². The van der Waals surface area contributed by atoms with E-state index in [-0.39, 0.29) is 0 Å². The molecule has 0 bridgehead atoms. The van der Waals surface area contributed by atoms with Gasteiger partial charge in [-0.2, -0.15) is 13.2 Å². The van der Waals surface area contributed by atoms with Crippen LogP contribution in [0.4, 0.5) is 36.8 Å². The number of amides is 2. The molecule has 2 N–H and O–H groups in total. The second-order valence-corrected chi connectivity index (χ2v) is 5.17. The summed E-state index contributed by atoms with van der Waals surface area (Å²) in [5.74, 6) is -4.82. The van der Waals surface area contributed by atoms with Crippen LogP contribution in [0.3, 0.4) is 0 Å². The van der Waals surface area contributed by atoms with E-state index in [9.17, 15) is 36.2 Å². The molecule has 1 aromatic rings. The topological polar surface area (TPSA) is 52.6 Å². The third-order valence-corrected chi connectivity index (χ3v) is 3.68. The van der Waals surface area contributed by atoms with Gasteiger partial charge in [-0.25, -0.2) is 18.0 Å². The quantitative estimate of drug-likeness (QED) is 0.609. The zero-order chi connectivity index (χ0) is 17.4. The van der Waals surface area contributed by atoms with Crippen LogP contribution in [-0.4, -0.2) is 40.9 Å². The molecule has 1 aromatic carbocycles. The lowest BCUT2D eigenvalue weighted by Gasteiger charge is -2.38. The predicted octanol–water partition coefficient (Wildman–Crippen LogP) is 3.03. The lowest BCUT2D eigenvalue weighted by molar-refractivity contribution is -0.271. The van der Waals surface area contributed by atoms with E-state index < -0.39 is 66.9 Å². The van der Waals surface area contributed by atoms with Crippen molar-refractivity contribution in [2.75, 3.05) is 18.4 Å². The SMILES string of the molecule is O=C(Nc1ccc(F)c(F)c1F)N1CCC(O)(C(F)(F)F)CC1. The number of hydrogen-bond acceptors (Lipinski definition) is 2. The number of alkyl halides is 3. The lowest BCUT2D eigenvalue weighted by Crippen LogP contribution is -2.55. The number of carbonyl (C=O) groups is 1. The first-order chi connectivity index (χ1) is 10.5. The van der Waals surface area contributed by atoms with E-state index in [2.05, 4.69) is 0 Å². The standard InChI is InChI=1S/C13H12F6N2O2/c14-7-1-2-8(10(16)9(7)15)20-11(22)21-5-3-12(23,4-6-21)13(17,18)19/h1-2,23H,3-6H2,(H,20,22). The smallest absolute Gasteiger partial charge is 0.380 e. The third kappa shape index (κ3) is 3.36. The molecule has 2 amide bonds. The molecule has 1 heterocycles. The summed E-state index contributed by atoms with van der Waals surface area (Å²) >= 11 is 0. The van der Waals surface area contributed by atoms with Gasteiger partial charge in [0, 0.05) is 25.9 Å². The maximum absolute atomic E-state index is 13.4. The summed E-state index contributed by atoms with van der Waals surface area (Å²) in [6, 6.07) is 0.424. The number of halogens is 6.